The maximum atomic E-state index is 11.1. The van der Waals surface area contributed by atoms with Crippen molar-refractivity contribution < 1.29 is 24.9 Å². The lowest BCUT2D eigenvalue weighted by Crippen LogP contribution is -2.35. The van der Waals surface area contributed by atoms with Gasteiger partial charge in [0.2, 0.25) is 0 Å². The van der Waals surface area contributed by atoms with Gasteiger partial charge in [0.05, 0.1) is 9.49 Å². The zero-order chi connectivity index (χ0) is 14.6. The number of rotatable bonds is 6. The second kappa shape index (κ2) is 6.71. The molecule has 0 aliphatic carbocycles. The van der Waals surface area contributed by atoms with Crippen molar-refractivity contribution in [2.45, 2.75) is 18.9 Å². The Morgan fingerprint density at radius 1 is 1.26 bits per heavy atom. The quantitative estimate of drug-likeness (QED) is 0.550. The lowest BCUT2D eigenvalue weighted by Gasteiger charge is -2.15. The number of hydrogen-bond donors (Lipinski definition) is 4. The molecule has 0 spiro atoms. The highest BCUT2D eigenvalue weighted by atomic mass is 125. The number of phenolic OH excluding ortho intramolecular Hbond substituents is 1. The zero-order valence-electron chi connectivity index (χ0n) is 9.91. The summed E-state index contributed by atoms with van der Waals surface area (Å²) in [5.74, 6) is -3.05. The first-order valence-corrected chi connectivity index (χ1v) is 6.57. The fourth-order valence-corrected chi connectivity index (χ4v) is 2.22. The highest BCUT2D eigenvalue weighted by molar-refractivity contribution is 14.1. The first-order chi connectivity index (χ1) is 8.81. The van der Waals surface area contributed by atoms with Crippen molar-refractivity contribution in [1.82, 2.24) is 0 Å². The van der Waals surface area contributed by atoms with Crippen LogP contribution in [-0.4, -0.2) is 33.3 Å². The van der Waals surface area contributed by atoms with E-state index < -0.39 is 23.9 Å². The average molecular weight is 377 g/mol. The minimum absolute atomic E-state index is 0.124. The van der Waals surface area contributed by atoms with Gasteiger partial charge in [0.1, 0.15) is 11.8 Å². The number of benzene rings is 1. The number of halogens is 1. The lowest BCUT2D eigenvalue weighted by atomic mass is 9.93. The molecule has 6 nitrogen and oxygen atoms in total. The van der Waals surface area contributed by atoms with Crippen LogP contribution in [0, 0.1) is 9.49 Å². The van der Waals surface area contributed by atoms with Crippen LogP contribution in [-0.2, 0) is 16.0 Å². The molecule has 104 valence electrons. The average Bonchev–Trinajstić information content (AvgIpc) is 2.32. The Labute approximate surface area is 123 Å². The SMILES string of the molecule is N[C@@H](C[C@H](Cc1ccc(O)c([125I])c1)C(=O)O)C(=O)O. The highest BCUT2D eigenvalue weighted by Gasteiger charge is 2.24. The molecular formula is C12H14INO5. The Kier molecular flexibility index (Phi) is 5.55. The number of hydrogen-bond acceptors (Lipinski definition) is 4. The van der Waals surface area contributed by atoms with Crippen LogP contribution in [0.15, 0.2) is 18.2 Å². The first kappa shape index (κ1) is 15.7. The molecule has 2 atom stereocenters. The number of carboxylic acid groups (broad SMARTS) is 2. The Morgan fingerprint density at radius 2 is 1.89 bits per heavy atom. The van der Waals surface area contributed by atoms with Crippen molar-refractivity contribution in [1.29, 1.82) is 0 Å². The summed E-state index contributed by atoms with van der Waals surface area (Å²) in [6, 6.07) is 3.56. The van der Waals surface area contributed by atoms with Crippen molar-refractivity contribution in [3.05, 3.63) is 27.3 Å². The number of carboxylic acids is 2. The van der Waals surface area contributed by atoms with Gasteiger partial charge in [0.15, 0.2) is 0 Å². The van der Waals surface area contributed by atoms with E-state index in [0.29, 0.717) is 9.13 Å². The zero-order valence-corrected chi connectivity index (χ0v) is 12.1. The first-order valence-electron chi connectivity index (χ1n) is 5.50. The Hall–Kier alpha value is -1.35. The standard InChI is InChI=1S/C12H14INO5/c13-8-4-6(1-2-10(8)15)3-7(11(16)17)5-9(14)12(18)19/h1-2,4,7,9,15H,3,5,14H2,(H,16,17)(H,18,19)/t7-,9-/m0/s1/i13-2. The lowest BCUT2D eigenvalue weighted by molar-refractivity contribution is -0.143. The highest BCUT2D eigenvalue weighted by Crippen LogP contribution is 2.23. The van der Waals surface area contributed by atoms with E-state index in [-0.39, 0.29) is 18.6 Å². The van der Waals surface area contributed by atoms with Crippen LogP contribution in [0.5, 0.6) is 5.75 Å². The van der Waals surface area contributed by atoms with E-state index in [4.69, 9.17) is 15.9 Å². The summed E-state index contributed by atoms with van der Waals surface area (Å²) < 4.78 is 0.613. The Morgan fingerprint density at radius 3 is 2.37 bits per heavy atom. The van der Waals surface area contributed by atoms with E-state index in [9.17, 15) is 14.7 Å². The molecule has 0 heterocycles. The van der Waals surface area contributed by atoms with Crippen LogP contribution in [0.4, 0.5) is 0 Å². The Balaban J connectivity index is 2.81. The van der Waals surface area contributed by atoms with Crippen LogP contribution in [0.3, 0.4) is 0 Å². The van der Waals surface area contributed by atoms with Crippen molar-refractivity contribution in [3.63, 3.8) is 0 Å². The van der Waals surface area contributed by atoms with Crippen molar-refractivity contribution in [2.24, 2.45) is 11.7 Å². The third kappa shape index (κ3) is 4.67. The Bertz CT molecular complexity index is 491. The maximum absolute atomic E-state index is 11.1. The smallest absolute Gasteiger partial charge is 0.320 e. The predicted molar refractivity (Wildman–Crippen MR) is 75.9 cm³/mol. The fraction of sp³-hybridized carbons (Fsp3) is 0.333. The van der Waals surface area contributed by atoms with Crippen LogP contribution >= 0.6 is 22.6 Å². The van der Waals surface area contributed by atoms with Crippen molar-refractivity contribution in [3.8, 4) is 5.75 Å². The summed E-state index contributed by atoms with van der Waals surface area (Å²) in [4.78, 5) is 21.8. The number of aromatic hydroxyl groups is 1. The molecule has 5 N–H and O–H groups in total. The minimum atomic E-state index is -1.22. The molecule has 7 heteroatoms. The third-order valence-electron chi connectivity index (χ3n) is 2.70. The van der Waals surface area contributed by atoms with Gasteiger partial charge in [-0.3, -0.25) is 9.59 Å². The van der Waals surface area contributed by atoms with Crippen molar-refractivity contribution in [2.75, 3.05) is 0 Å². The molecule has 0 saturated carbocycles. The molecule has 1 aromatic carbocycles. The normalized spacial score (nSPS) is 13.8. The van der Waals surface area contributed by atoms with Gasteiger partial charge in [-0.1, -0.05) is 6.07 Å². The molecule has 0 aliphatic rings. The van der Waals surface area contributed by atoms with Crippen LogP contribution in [0.1, 0.15) is 12.0 Å². The largest absolute Gasteiger partial charge is 0.507 e. The number of carbonyl (C=O) groups is 2. The molecule has 1 aromatic rings. The maximum Gasteiger partial charge on any atom is 0.320 e. The molecule has 0 fully saturated rings. The molecule has 0 amide bonds. The molecule has 0 unspecified atom stereocenters. The summed E-state index contributed by atoms with van der Waals surface area (Å²) in [7, 11) is 0. The van der Waals surface area contributed by atoms with Crippen LogP contribution in [0.2, 0.25) is 0 Å². The number of aliphatic carboxylic acids is 2. The number of nitrogens with two attached hydrogens (primary N) is 1. The molecule has 0 bridgehead atoms. The van der Waals surface area contributed by atoms with E-state index in [1.165, 1.54) is 6.07 Å². The molecule has 0 radical (unpaired) electrons. The molecule has 19 heavy (non-hydrogen) atoms. The van der Waals surface area contributed by atoms with Gasteiger partial charge in [0, 0.05) is 0 Å². The summed E-state index contributed by atoms with van der Waals surface area (Å²) in [5.41, 5.74) is 6.07. The van der Waals surface area contributed by atoms with Crippen LogP contribution in [0.25, 0.3) is 0 Å². The monoisotopic (exact) mass is 377 g/mol. The molecule has 1 rings (SSSR count). The second-order valence-corrected chi connectivity index (χ2v) is 5.37. The van der Waals surface area contributed by atoms with Gasteiger partial charge >= 0.3 is 11.9 Å². The summed E-state index contributed by atoms with van der Waals surface area (Å²) in [6.45, 7) is 0. The minimum Gasteiger partial charge on any atom is -0.507 e. The van der Waals surface area contributed by atoms with Gasteiger partial charge in [0.25, 0.3) is 0 Å². The van der Waals surface area contributed by atoms with E-state index in [1.807, 2.05) is 22.6 Å². The topological polar surface area (TPSA) is 121 Å². The summed E-state index contributed by atoms with van der Waals surface area (Å²) >= 11 is 1.93. The van der Waals surface area contributed by atoms with Gasteiger partial charge < -0.3 is 21.1 Å². The summed E-state index contributed by atoms with van der Waals surface area (Å²) in [6.07, 6.45) is 0.0364. The molecular weight excluding hydrogens is 363 g/mol. The third-order valence-corrected chi connectivity index (χ3v) is 3.56. The molecule has 0 aliphatic heterocycles. The van der Waals surface area contributed by atoms with E-state index in [0.717, 1.165) is 0 Å². The second-order valence-electron chi connectivity index (χ2n) is 4.21. The molecule has 0 aromatic heterocycles. The van der Waals surface area contributed by atoms with Gasteiger partial charge in [-0.2, -0.15) is 0 Å². The predicted octanol–water partition coefficient (Wildman–Crippen LogP) is 1.04. The summed E-state index contributed by atoms with van der Waals surface area (Å²) in [5, 5.41) is 27.2. The molecule has 0 saturated heterocycles. The van der Waals surface area contributed by atoms with E-state index in [1.54, 1.807) is 12.1 Å². The van der Waals surface area contributed by atoms with Crippen LogP contribution < -0.4 is 5.73 Å². The van der Waals surface area contributed by atoms with E-state index >= 15 is 0 Å². The number of phenols is 1. The van der Waals surface area contributed by atoms with E-state index in [2.05, 4.69) is 0 Å². The van der Waals surface area contributed by atoms with Crippen molar-refractivity contribution >= 4 is 34.5 Å². The van der Waals surface area contributed by atoms with Gasteiger partial charge in [-0.15, -0.1) is 0 Å². The fourth-order valence-electron chi connectivity index (χ4n) is 1.64. The van der Waals surface area contributed by atoms with Gasteiger partial charge in [-0.25, -0.2) is 0 Å². The van der Waals surface area contributed by atoms with Gasteiger partial charge in [-0.05, 0) is 53.1 Å².